The van der Waals surface area contributed by atoms with Crippen LogP contribution in [0.4, 0.5) is 0 Å². The summed E-state index contributed by atoms with van der Waals surface area (Å²) in [5.41, 5.74) is 0.944. The third kappa shape index (κ3) is 3.67. The quantitative estimate of drug-likeness (QED) is 0.778. The summed E-state index contributed by atoms with van der Waals surface area (Å²) < 4.78 is 5.17. The maximum Gasteiger partial charge on any atom is 0.223 e. The Morgan fingerprint density at radius 2 is 2.27 bits per heavy atom. The average Bonchev–Trinajstić information content (AvgIpc) is 3.15. The molecule has 0 radical (unpaired) electrons. The minimum Gasteiger partial charge on any atom is -0.383 e. The predicted molar refractivity (Wildman–Crippen MR) is 85.1 cm³/mol. The molecule has 1 aromatic heterocycles. The van der Waals surface area contributed by atoms with Crippen molar-refractivity contribution in [2.24, 2.45) is 17.8 Å². The zero-order valence-corrected chi connectivity index (χ0v) is 13.4. The van der Waals surface area contributed by atoms with Crippen LogP contribution in [0, 0.1) is 17.8 Å². The van der Waals surface area contributed by atoms with Gasteiger partial charge in [0.05, 0.1) is 18.8 Å². The number of methoxy groups -OCH3 is 1. The summed E-state index contributed by atoms with van der Waals surface area (Å²) in [6, 6.07) is 5.85. The molecule has 4 nitrogen and oxygen atoms in total. The van der Waals surface area contributed by atoms with Crippen LogP contribution in [0.1, 0.15) is 37.8 Å². The molecule has 2 aliphatic carbocycles. The molecule has 0 saturated heterocycles. The lowest BCUT2D eigenvalue weighted by Gasteiger charge is -2.26. The highest BCUT2D eigenvalue weighted by atomic mass is 16.5. The lowest BCUT2D eigenvalue weighted by atomic mass is 9.86. The Balaban J connectivity index is 1.59. The van der Waals surface area contributed by atoms with Crippen molar-refractivity contribution in [3.8, 4) is 0 Å². The highest BCUT2D eigenvalue weighted by molar-refractivity contribution is 5.76. The van der Waals surface area contributed by atoms with Gasteiger partial charge in [0.1, 0.15) is 0 Å². The first-order valence-corrected chi connectivity index (χ1v) is 8.43. The van der Waals surface area contributed by atoms with Gasteiger partial charge in [-0.3, -0.25) is 9.78 Å². The maximum atomic E-state index is 12.7. The maximum absolute atomic E-state index is 12.7. The van der Waals surface area contributed by atoms with Crippen molar-refractivity contribution in [1.82, 2.24) is 9.88 Å². The summed E-state index contributed by atoms with van der Waals surface area (Å²) in [5, 5.41) is 0. The summed E-state index contributed by atoms with van der Waals surface area (Å²) in [6.07, 6.45) is 7.83. The zero-order chi connectivity index (χ0) is 15.4. The molecule has 22 heavy (non-hydrogen) atoms. The van der Waals surface area contributed by atoms with Crippen LogP contribution in [-0.4, -0.2) is 36.1 Å². The van der Waals surface area contributed by atoms with Crippen LogP contribution < -0.4 is 0 Å². The van der Waals surface area contributed by atoms with Crippen molar-refractivity contribution in [2.45, 2.75) is 38.6 Å². The van der Waals surface area contributed by atoms with Gasteiger partial charge < -0.3 is 9.64 Å². The molecule has 2 saturated carbocycles. The molecule has 3 rings (SSSR count). The molecular formula is C18H26N2O2. The number of pyridine rings is 1. The molecule has 1 aromatic rings. The van der Waals surface area contributed by atoms with Crippen molar-refractivity contribution in [3.05, 3.63) is 30.1 Å². The van der Waals surface area contributed by atoms with E-state index in [4.69, 9.17) is 4.74 Å². The van der Waals surface area contributed by atoms with E-state index in [1.165, 1.54) is 25.7 Å². The monoisotopic (exact) mass is 302 g/mol. The van der Waals surface area contributed by atoms with Crippen molar-refractivity contribution in [2.75, 3.05) is 20.3 Å². The fourth-order valence-corrected chi connectivity index (χ4v) is 4.16. The molecule has 1 heterocycles. The van der Waals surface area contributed by atoms with Crippen LogP contribution in [-0.2, 0) is 16.1 Å². The van der Waals surface area contributed by atoms with Crippen LogP contribution in [0.15, 0.2) is 24.4 Å². The number of carbonyl (C=O) groups is 1. The van der Waals surface area contributed by atoms with Gasteiger partial charge >= 0.3 is 0 Å². The zero-order valence-electron chi connectivity index (χ0n) is 13.4. The van der Waals surface area contributed by atoms with E-state index < -0.39 is 0 Å². The Morgan fingerprint density at radius 1 is 1.36 bits per heavy atom. The predicted octanol–water partition coefficient (Wildman–Crippen LogP) is 2.88. The summed E-state index contributed by atoms with van der Waals surface area (Å²) in [7, 11) is 1.68. The van der Waals surface area contributed by atoms with Crippen molar-refractivity contribution in [1.29, 1.82) is 0 Å². The first-order chi connectivity index (χ1) is 10.8. The third-order valence-electron chi connectivity index (χ3n) is 5.32. The number of hydrogen-bond donors (Lipinski definition) is 0. The van der Waals surface area contributed by atoms with Gasteiger partial charge in [-0.2, -0.15) is 0 Å². The highest BCUT2D eigenvalue weighted by Gasteiger charge is 2.40. The van der Waals surface area contributed by atoms with E-state index in [0.717, 1.165) is 17.5 Å². The summed E-state index contributed by atoms with van der Waals surface area (Å²) in [6.45, 7) is 1.81. The standard InChI is InChI=1S/C18H26N2O2/c1-22-9-8-20(13-17-4-2-3-7-19-17)18(21)12-16-11-14-5-6-15(16)10-14/h2-4,7,14-16H,5-6,8-13H2,1H3. The summed E-state index contributed by atoms with van der Waals surface area (Å²) in [4.78, 5) is 19.0. The second kappa shape index (κ2) is 7.23. The molecule has 3 unspecified atom stereocenters. The lowest BCUT2D eigenvalue weighted by molar-refractivity contribution is -0.134. The second-order valence-electron chi connectivity index (χ2n) is 6.77. The van der Waals surface area contributed by atoms with Gasteiger partial charge in [0.2, 0.25) is 5.91 Å². The summed E-state index contributed by atoms with van der Waals surface area (Å²) >= 11 is 0. The number of rotatable bonds is 7. The molecule has 120 valence electrons. The number of carbonyl (C=O) groups excluding carboxylic acids is 1. The van der Waals surface area contributed by atoms with Crippen molar-refractivity contribution >= 4 is 5.91 Å². The Bertz CT molecular complexity index is 491. The Hall–Kier alpha value is -1.42. The molecule has 3 atom stereocenters. The van der Waals surface area contributed by atoms with E-state index in [1.54, 1.807) is 13.3 Å². The SMILES string of the molecule is COCCN(Cc1ccccn1)C(=O)CC1CC2CCC1C2. The van der Waals surface area contributed by atoms with E-state index in [-0.39, 0.29) is 5.91 Å². The number of hydrogen-bond acceptors (Lipinski definition) is 3. The molecule has 0 spiro atoms. The molecule has 2 fully saturated rings. The van der Waals surface area contributed by atoms with Crippen LogP contribution >= 0.6 is 0 Å². The molecule has 2 aliphatic rings. The van der Waals surface area contributed by atoms with Gasteiger partial charge in [-0.1, -0.05) is 12.5 Å². The smallest absolute Gasteiger partial charge is 0.223 e. The lowest BCUT2D eigenvalue weighted by Crippen LogP contribution is -2.35. The van der Waals surface area contributed by atoms with Gasteiger partial charge in [0.15, 0.2) is 0 Å². The Labute approximate surface area is 132 Å². The van der Waals surface area contributed by atoms with E-state index in [9.17, 15) is 4.79 Å². The van der Waals surface area contributed by atoms with E-state index in [0.29, 0.717) is 32.0 Å². The number of fused-ring (bicyclic) bond motifs is 2. The normalized spacial score (nSPS) is 26.3. The third-order valence-corrected chi connectivity index (χ3v) is 5.32. The van der Waals surface area contributed by atoms with E-state index >= 15 is 0 Å². The topological polar surface area (TPSA) is 42.4 Å². The molecule has 4 heteroatoms. The molecular weight excluding hydrogens is 276 g/mol. The van der Waals surface area contributed by atoms with Gasteiger partial charge in [-0.05, 0) is 49.1 Å². The van der Waals surface area contributed by atoms with Gasteiger partial charge in [-0.25, -0.2) is 0 Å². The molecule has 1 amide bonds. The van der Waals surface area contributed by atoms with Crippen LogP contribution in [0.3, 0.4) is 0 Å². The van der Waals surface area contributed by atoms with E-state index in [1.807, 2.05) is 23.1 Å². The Kier molecular flexibility index (Phi) is 5.08. The summed E-state index contributed by atoms with van der Waals surface area (Å²) in [5.74, 6) is 2.57. The minimum atomic E-state index is 0.264. The second-order valence-corrected chi connectivity index (χ2v) is 6.77. The number of aromatic nitrogens is 1. The first-order valence-electron chi connectivity index (χ1n) is 8.43. The van der Waals surface area contributed by atoms with Crippen molar-refractivity contribution in [3.63, 3.8) is 0 Å². The fraction of sp³-hybridized carbons (Fsp3) is 0.667. The number of ether oxygens (including phenoxy) is 1. The number of amides is 1. The van der Waals surface area contributed by atoms with Crippen LogP contribution in [0.25, 0.3) is 0 Å². The van der Waals surface area contributed by atoms with Gasteiger partial charge in [-0.15, -0.1) is 0 Å². The molecule has 0 aliphatic heterocycles. The first kappa shape index (κ1) is 15.5. The van der Waals surface area contributed by atoms with Crippen LogP contribution in [0.5, 0.6) is 0 Å². The van der Waals surface area contributed by atoms with Gasteiger partial charge in [0, 0.05) is 26.3 Å². The largest absolute Gasteiger partial charge is 0.383 e. The van der Waals surface area contributed by atoms with Crippen molar-refractivity contribution < 1.29 is 9.53 Å². The molecule has 0 N–H and O–H groups in total. The minimum absolute atomic E-state index is 0.264. The Morgan fingerprint density at radius 3 is 2.91 bits per heavy atom. The van der Waals surface area contributed by atoms with Crippen LogP contribution in [0.2, 0.25) is 0 Å². The fourth-order valence-electron chi connectivity index (χ4n) is 4.16. The van der Waals surface area contributed by atoms with E-state index in [2.05, 4.69) is 4.98 Å². The average molecular weight is 302 g/mol. The highest BCUT2D eigenvalue weighted by Crippen LogP contribution is 2.49. The molecule has 2 bridgehead atoms. The van der Waals surface area contributed by atoms with Gasteiger partial charge in [0.25, 0.3) is 0 Å². The number of nitrogens with zero attached hydrogens (tertiary/aromatic N) is 2. The molecule has 0 aromatic carbocycles.